The van der Waals surface area contributed by atoms with Crippen molar-refractivity contribution >= 4 is 34.7 Å². The number of carbonyl (C=O) groups is 1. The fraction of sp³-hybridized carbons (Fsp3) is 0.0556. The minimum absolute atomic E-state index is 0.299. The predicted molar refractivity (Wildman–Crippen MR) is 96.0 cm³/mol. The average molecular weight is 361 g/mol. The van der Waals surface area contributed by atoms with Crippen LogP contribution < -0.4 is 5.32 Å². The number of amides is 1. The van der Waals surface area contributed by atoms with Gasteiger partial charge in [-0.05, 0) is 34.7 Å². The quantitative estimate of drug-likeness (QED) is 0.566. The Balaban J connectivity index is 1.72. The van der Waals surface area contributed by atoms with Gasteiger partial charge in [-0.15, -0.1) is 11.3 Å². The fourth-order valence-corrected chi connectivity index (χ4v) is 3.81. The third kappa shape index (κ3) is 4.01. The molecule has 2 nitrogen and oxygen atoms in total. The van der Waals surface area contributed by atoms with Gasteiger partial charge in [0.2, 0.25) is 0 Å². The van der Waals surface area contributed by atoms with Crippen LogP contribution in [0.1, 0.15) is 9.67 Å². The number of hydrogen-bond donors (Lipinski definition) is 1. The lowest BCUT2D eigenvalue weighted by atomic mass is 10.1. The zero-order chi connectivity index (χ0) is 16.9. The number of rotatable bonds is 5. The molecule has 3 rings (SSSR count). The van der Waals surface area contributed by atoms with Gasteiger partial charge in [-0.1, -0.05) is 54.2 Å². The Morgan fingerprint density at radius 1 is 0.958 bits per heavy atom. The van der Waals surface area contributed by atoms with Crippen LogP contribution in [-0.2, 0) is 0 Å². The number of thiophene rings is 1. The van der Waals surface area contributed by atoms with Crippen molar-refractivity contribution in [1.82, 2.24) is 0 Å². The minimum atomic E-state index is -2.55. The van der Waals surface area contributed by atoms with Gasteiger partial charge in [0.15, 0.2) is 0 Å². The van der Waals surface area contributed by atoms with Crippen molar-refractivity contribution in [1.29, 1.82) is 0 Å². The summed E-state index contributed by atoms with van der Waals surface area (Å²) in [6.07, 6.45) is 0. The monoisotopic (exact) mass is 361 g/mol. The van der Waals surface area contributed by atoms with Gasteiger partial charge in [-0.25, -0.2) is 0 Å². The third-order valence-corrected chi connectivity index (χ3v) is 5.12. The normalized spacial score (nSPS) is 10.8. The van der Waals surface area contributed by atoms with Crippen LogP contribution in [0, 0.1) is 0 Å². The molecule has 0 fully saturated rings. The number of benzene rings is 2. The van der Waals surface area contributed by atoms with Crippen molar-refractivity contribution in [3.8, 4) is 11.1 Å². The van der Waals surface area contributed by atoms with E-state index in [-0.39, 0.29) is 5.91 Å². The molecular formula is C18H13F2NOS2. The molecule has 1 aromatic heterocycles. The van der Waals surface area contributed by atoms with Crippen molar-refractivity contribution in [2.75, 3.05) is 5.32 Å². The van der Waals surface area contributed by atoms with Gasteiger partial charge in [0, 0.05) is 10.6 Å². The summed E-state index contributed by atoms with van der Waals surface area (Å²) in [7, 11) is 0. The summed E-state index contributed by atoms with van der Waals surface area (Å²) in [6, 6.07) is 18.8. The summed E-state index contributed by atoms with van der Waals surface area (Å²) >= 11 is 1.54. The molecular weight excluding hydrogens is 348 g/mol. The average Bonchev–Trinajstić information content (AvgIpc) is 3.04. The van der Waals surface area contributed by atoms with E-state index in [1.807, 2.05) is 42.5 Å². The Kier molecular flexibility index (Phi) is 5.27. The molecule has 2 aromatic carbocycles. The second-order valence-corrected chi connectivity index (χ2v) is 6.84. The van der Waals surface area contributed by atoms with Gasteiger partial charge in [0.05, 0.1) is 0 Å². The molecule has 24 heavy (non-hydrogen) atoms. The van der Waals surface area contributed by atoms with Gasteiger partial charge in [-0.2, -0.15) is 8.78 Å². The molecule has 3 aromatic rings. The second-order valence-electron chi connectivity index (χ2n) is 4.89. The van der Waals surface area contributed by atoms with Gasteiger partial charge in [0.25, 0.3) is 11.7 Å². The zero-order valence-corrected chi connectivity index (χ0v) is 14.0. The highest BCUT2D eigenvalue weighted by molar-refractivity contribution is 7.99. The largest absolute Gasteiger partial charge is 0.321 e. The predicted octanol–water partition coefficient (Wildman–Crippen LogP) is 5.98. The number of halogens is 2. The SMILES string of the molecule is O=C(Nc1ccc(-c2ccccc2)cc1)c1sccc1SC(F)F. The summed E-state index contributed by atoms with van der Waals surface area (Å²) in [4.78, 5) is 12.9. The summed E-state index contributed by atoms with van der Waals surface area (Å²) < 4.78 is 25.0. The van der Waals surface area contributed by atoms with Crippen LogP contribution in [-0.4, -0.2) is 11.7 Å². The topological polar surface area (TPSA) is 29.1 Å². The van der Waals surface area contributed by atoms with E-state index in [4.69, 9.17) is 0 Å². The van der Waals surface area contributed by atoms with Crippen molar-refractivity contribution in [3.63, 3.8) is 0 Å². The molecule has 6 heteroatoms. The van der Waals surface area contributed by atoms with Crippen molar-refractivity contribution < 1.29 is 13.6 Å². The Hall–Kier alpha value is -2.18. The Morgan fingerprint density at radius 2 is 1.62 bits per heavy atom. The van der Waals surface area contributed by atoms with E-state index in [1.54, 1.807) is 17.5 Å². The van der Waals surface area contributed by atoms with Gasteiger partial charge < -0.3 is 5.32 Å². The summed E-state index contributed by atoms with van der Waals surface area (Å²) in [5, 5.41) is 4.39. The molecule has 0 unspecified atom stereocenters. The Morgan fingerprint density at radius 3 is 2.29 bits per heavy atom. The maximum Gasteiger partial charge on any atom is 0.288 e. The number of nitrogens with one attached hydrogen (secondary N) is 1. The first-order chi connectivity index (χ1) is 11.6. The molecule has 1 N–H and O–H groups in total. The molecule has 0 aliphatic carbocycles. The van der Waals surface area contributed by atoms with E-state index in [1.165, 1.54) is 6.07 Å². The van der Waals surface area contributed by atoms with Crippen molar-refractivity contribution in [2.45, 2.75) is 10.7 Å². The Labute approximate surface area is 146 Å². The Bertz CT molecular complexity index is 817. The number of hydrogen-bond acceptors (Lipinski definition) is 3. The van der Waals surface area contributed by atoms with E-state index >= 15 is 0 Å². The van der Waals surface area contributed by atoms with E-state index in [0.29, 0.717) is 27.2 Å². The minimum Gasteiger partial charge on any atom is -0.321 e. The summed E-state index contributed by atoms with van der Waals surface area (Å²) in [6.45, 7) is 0. The number of alkyl halides is 2. The number of anilines is 1. The first kappa shape index (κ1) is 16.7. The zero-order valence-electron chi connectivity index (χ0n) is 12.4. The van der Waals surface area contributed by atoms with Gasteiger partial charge >= 0.3 is 0 Å². The maximum atomic E-state index is 12.5. The maximum absolute atomic E-state index is 12.5. The first-order valence-electron chi connectivity index (χ1n) is 7.12. The van der Waals surface area contributed by atoms with E-state index in [2.05, 4.69) is 5.32 Å². The highest BCUT2D eigenvalue weighted by atomic mass is 32.2. The van der Waals surface area contributed by atoms with Gasteiger partial charge in [0.1, 0.15) is 4.88 Å². The van der Waals surface area contributed by atoms with E-state index in [9.17, 15) is 13.6 Å². The third-order valence-electron chi connectivity index (χ3n) is 3.30. The molecule has 0 saturated heterocycles. The standard InChI is InChI=1S/C18H13F2NOS2/c19-18(20)24-15-10-11-23-16(15)17(22)21-14-8-6-13(7-9-14)12-4-2-1-3-5-12/h1-11,18H,(H,21,22). The van der Waals surface area contributed by atoms with Crippen LogP contribution in [0.3, 0.4) is 0 Å². The van der Waals surface area contributed by atoms with E-state index in [0.717, 1.165) is 22.5 Å². The molecule has 0 aliphatic rings. The molecule has 0 spiro atoms. The lowest BCUT2D eigenvalue weighted by Crippen LogP contribution is -2.11. The molecule has 1 amide bonds. The van der Waals surface area contributed by atoms with Crippen LogP contribution in [0.5, 0.6) is 0 Å². The lowest BCUT2D eigenvalue weighted by molar-refractivity contribution is 0.102. The van der Waals surface area contributed by atoms with Crippen LogP contribution in [0.2, 0.25) is 0 Å². The van der Waals surface area contributed by atoms with Gasteiger partial charge in [-0.3, -0.25) is 4.79 Å². The smallest absolute Gasteiger partial charge is 0.288 e. The highest BCUT2D eigenvalue weighted by Gasteiger charge is 2.17. The molecule has 0 atom stereocenters. The lowest BCUT2D eigenvalue weighted by Gasteiger charge is -2.07. The van der Waals surface area contributed by atoms with Crippen LogP contribution in [0.15, 0.2) is 70.9 Å². The molecule has 1 heterocycles. The van der Waals surface area contributed by atoms with Crippen molar-refractivity contribution in [2.24, 2.45) is 0 Å². The number of carbonyl (C=O) groups excluding carboxylic acids is 1. The molecule has 0 radical (unpaired) electrons. The van der Waals surface area contributed by atoms with E-state index < -0.39 is 5.76 Å². The molecule has 0 saturated carbocycles. The van der Waals surface area contributed by atoms with Crippen LogP contribution >= 0.6 is 23.1 Å². The molecule has 0 aliphatic heterocycles. The van der Waals surface area contributed by atoms with Crippen molar-refractivity contribution in [3.05, 3.63) is 70.9 Å². The summed E-state index contributed by atoms with van der Waals surface area (Å²) in [5.41, 5.74) is 2.75. The molecule has 122 valence electrons. The fourth-order valence-electron chi connectivity index (χ4n) is 2.22. The van der Waals surface area contributed by atoms with Crippen LogP contribution in [0.4, 0.5) is 14.5 Å². The molecule has 0 bridgehead atoms. The first-order valence-corrected chi connectivity index (χ1v) is 8.88. The second kappa shape index (κ2) is 7.59. The summed E-state index contributed by atoms with van der Waals surface area (Å²) in [5.74, 6) is -2.92. The van der Waals surface area contributed by atoms with Crippen LogP contribution in [0.25, 0.3) is 11.1 Å². The highest BCUT2D eigenvalue weighted by Crippen LogP contribution is 2.32. The number of thioether (sulfide) groups is 1.